The van der Waals surface area contributed by atoms with Gasteiger partial charge in [-0.1, -0.05) is 13.8 Å². The maximum atomic E-state index is 13.6. The fraction of sp³-hybridized carbons (Fsp3) is 0.556. The van der Waals surface area contributed by atoms with Gasteiger partial charge in [-0.2, -0.15) is 0 Å². The van der Waals surface area contributed by atoms with Crippen LogP contribution < -0.4 is 10.9 Å². The highest BCUT2D eigenvalue weighted by Crippen LogP contribution is 2.28. The van der Waals surface area contributed by atoms with Crippen molar-refractivity contribution >= 4 is 16.6 Å². The highest BCUT2D eigenvalue weighted by molar-refractivity contribution is 5.93. The SMILES string of the molecule is CC.Cc1ncc(-c2cc3ccn(CCN4CCOCC4)c(=O)c3c(NC3CCC(O)CC3)n2)cn1. The van der Waals surface area contributed by atoms with Gasteiger partial charge in [0.1, 0.15) is 11.6 Å². The number of fused-ring (bicyclic) bond motifs is 1. The van der Waals surface area contributed by atoms with Crippen LogP contribution in [0.5, 0.6) is 0 Å². The highest BCUT2D eigenvalue weighted by atomic mass is 16.5. The van der Waals surface area contributed by atoms with Crippen LogP contribution in [-0.4, -0.2) is 74.5 Å². The molecule has 2 N–H and O–H groups in total. The van der Waals surface area contributed by atoms with Crippen molar-refractivity contribution in [3.05, 3.63) is 46.9 Å². The maximum absolute atomic E-state index is 13.6. The van der Waals surface area contributed by atoms with Gasteiger partial charge in [0.05, 0.1) is 30.4 Å². The van der Waals surface area contributed by atoms with Crippen LogP contribution >= 0.6 is 0 Å². The summed E-state index contributed by atoms with van der Waals surface area (Å²) in [6.45, 7) is 10.6. The van der Waals surface area contributed by atoms with E-state index >= 15 is 0 Å². The molecule has 2 aliphatic rings. The van der Waals surface area contributed by atoms with Gasteiger partial charge >= 0.3 is 0 Å². The third-order valence-corrected chi connectivity index (χ3v) is 6.83. The van der Waals surface area contributed by atoms with Gasteiger partial charge < -0.3 is 19.7 Å². The summed E-state index contributed by atoms with van der Waals surface area (Å²) in [5.74, 6) is 1.30. The van der Waals surface area contributed by atoms with Crippen molar-refractivity contribution in [3.63, 3.8) is 0 Å². The van der Waals surface area contributed by atoms with Crippen molar-refractivity contribution in [3.8, 4) is 11.3 Å². The number of aliphatic hydroxyl groups excluding tert-OH is 1. The lowest BCUT2D eigenvalue weighted by Gasteiger charge is -2.27. The third kappa shape index (κ3) is 6.27. The predicted molar refractivity (Wildman–Crippen MR) is 142 cm³/mol. The second-order valence-corrected chi connectivity index (χ2v) is 9.26. The predicted octanol–water partition coefficient (Wildman–Crippen LogP) is 3.24. The second-order valence-electron chi connectivity index (χ2n) is 9.26. The number of aliphatic hydroxyl groups is 1. The number of nitrogens with one attached hydrogen (secondary N) is 1. The molecule has 5 rings (SSSR count). The number of nitrogens with zero attached hydrogens (tertiary/aromatic N) is 5. The quantitative estimate of drug-likeness (QED) is 0.538. The van der Waals surface area contributed by atoms with Gasteiger partial charge in [-0.15, -0.1) is 0 Å². The molecule has 0 bridgehead atoms. The van der Waals surface area contributed by atoms with Gasteiger partial charge in [-0.05, 0) is 50.1 Å². The topological polar surface area (TPSA) is 105 Å². The number of ether oxygens (including phenoxy) is 1. The molecule has 1 aliphatic carbocycles. The Labute approximate surface area is 212 Å². The largest absolute Gasteiger partial charge is 0.393 e. The van der Waals surface area contributed by atoms with Crippen LogP contribution in [0, 0.1) is 6.92 Å². The number of morpholine rings is 1. The molecule has 0 amide bonds. The monoisotopic (exact) mass is 494 g/mol. The Balaban J connectivity index is 0.00000148. The smallest absolute Gasteiger partial charge is 0.262 e. The van der Waals surface area contributed by atoms with E-state index < -0.39 is 0 Å². The molecule has 0 aromatic carbocycles. The normalized spacial score (nSPS) is 20.6. The van der Waals surface area contributed by atoms with Gasteiger partial charge in [-0.3, -0.25) is 9.69 Å². The molecular formula is C27H38N6O3. The average molecular weight is 495 g/mol. The van der Waals surface area contributed by atoms with E-state index in [0.717, 1.165) is 75.2 Å². The fourth-order valence-corrected chi connectivity index (χ4v) is 4.74. The molecular weight excluding hydrogens is 456 g/mol. The number of pyridine rings is 2. The number of anilines is 1. The van der Waals surface area contributed by atoms with Crippen molar-refractivity contribution in [2.45, 2.75) is 65.1 Å². The van der Waals surface area contributed by atoms with Crippen molar-refractivity contribution in [2.24, 2.45) is 0 Å². The van der Waals surface area contributed by atoms with Crippen molar-refractivity contribution in [1.29, 1.82) is 0 Å². The molecule has 0 atom stereocenters. The van der Waals surface area contributed by atoms with Gasteiger partial charge in [-0.25, -0.2) is 15.0 Å². The molecule has 2 fully saturated rings. The number of hydrogen-bond acceptors (Lipinski definition) is 8. The minimum absolute atomic E-state index is 0.0386. The minimum atomic E-state index is -0.240. The zero-order chi connectivity index (χ0) is 25.5. The van der Waals surface area contributed by atoms with E-state index in [1.54, 1.807) is 17.0 Å². The van der Waals surface area contributed by atoms with E-state index in [4.69, 9.17) is 9.72 Å². The van der Waals surface area contributed by atoms with Gasteiger partial charge in [0, 0.05) is 56.4 Å². The third-order valence-electron chi connectivity index (χ3n) is 6.83. The Kier molecular flexibility index (Phi) is 9.01. The van der Waals surface area contributed by atoms with Crippen LogP contribution in [-0.2, 0) is 11.3 Å². The molecule has 1 aliphatic heterocycles. The highest BCUT2D eigenvalue weighted by Gasteiger charge is 2.22. The summed E-state index contributed by atoms with van der Waals surface area (Å²) in [6.07, 6.45) is 8.37. The Hall–Kier alpha value is -2.88. The number of hydrogen-bond donors (Lipinski definition) is 2. The second kappa shape index (κ2) is 12.4. The van der Waals surface area contributed by atoms with Gasteiger partial charge in [0.2, 0.25) is 0 Å². The minimum Gasteiger partial charge on any atom is -0.393 e. The van der Waals surface area contributed by atoms with E-state index in [2.05, 4.69) is 20.2 Å². The zero-order valence-corrected chi connectivity index (χ0v) is 21.6. The Bertz CT molecular complexity index is 1180. The van der Waals surface area contributed by atoms with Crippen LogP contribution in [0.3, 0.4) is 0 Å². The molecule has 1 saturated carbocycles. The Morgan fingerprint density at radius 2 is 1.78 bits per heavy atom. The summed E-state index contributed by atoms with van der Waals surface area (Å²) < 4.78 is 7.21. The molecule has 0 unspecified atom stereocenters. The molecule has 36 heavy (non-hydrogen) atoms. The molecule has 3 aromatic heterocycles. The number of aromatic nitrogens is 4. The first-order valence-electron chi connectivity index (χ1n) is 13.1. The average Bonchev–Trinajstić information content (AvgIpc) is 2.91. The molecule has 9 nitrogen and oxygen atoms in total. The molecule has 1 saturated heterocycles. The standard InChI is InChI=1S/C25H32N6O3.C2H6/c1-17-26-15-19(16-27-17)22-14-18-6-7-31(9-8-30-10-12-34-13-11-30)25(33)23(18)24(29-22)28-20-2-4-21(32)5-3-20;1-2/h6-7,14-16,20-21,32H,2-5,8-13H2,1H3,(H,28,29);1-2H3. The van der Waals surface area contributed by atoms with Gasteiger partial charge in [0.25, 0.3) is 5.56 Å². The van der Waals surface area contributed by atoms with Crippen molar-refractivity contribution in [1.82, 2.24) is 24.4 Å². The summed E-state index contributed by atoms with van der Waals surface area (Å²) >= 11 is 0. The molecule has 0 spiro atoms. The molecule has 3 aromatic rings. The van der Waals surface area contributed by atoms with E-state index in [9.17, 15) is 9.90 Å². The maximum Gasteiger partial charge on any atom is 0.262 e. The Morgan fingerprint density at radius 1 is 1.08 bits per heavy atom. The van der Waals surface area contributed by atoms with Crippen molar-refractivity contribution in [2.75, 3.05) is 38.2 Å². The lowest BCUT2D eigenvalue weighted by Crippen LogP contribution is -2.39. The molecule has 4 heterocycles. The van der Waals surface area contributed by atoms with Crippen LogP contribution in [0.2, 0.25) is 0 Å². The fourth-order valence-electron chi connectivity index (χ4n) is 4.74. The van der Waals surface area contributed by atoms with E-state index in [0.29, 0.717) is 23.6 Å². The van der Waals surface area contributed by atoms with E-state index in [1.165, 1.54) is 0 Å². The Morgan fingerprint density at radius 3 is 2.47 bits per heavy atom. The van der Waals surface area contributed by atoms with Crippen LogP contribution in [0.15, 0.2) is 35.5 Å². The van der Waals surface area contributed by atoms with Crippen LogP contribution in [0.25, 0.3) is 22.0 Å². The van der Waals surface area contributed by atoms with Crippen LogP contribution in [0.4, 0.5) is 5.82 Å². The first-order valence-corrected chi connectivity index (χ1v) is 13.1. The van der Waals surface area contributed by atoms with Crippen LogP contribution in [0.1, 0.15) is 45.4 Å². The summed E-state index contributed by atoms with van der Waals surface area (Å²) in [4.78, 5) is 29.4. The summed E-state index contributed by atoms with van der Waals surface area (Å²) in [6, 6.07) is 4.10. The lowest BCUT2D eigenvalue weighted by molar-refractivity contribution is 0.0363. The number of rotatable bonds is 6. The molecule has 0 radical (unpaired) electrons. The first kappa shape index (κ1) is 26.2. The summed E-state index contributed by atoms with van der Waals surface area (Å²) in [5, 5.41) is 14.9. The summed E-state index contributed by atoms with van der Waals surface area (Å²) in [5.41, 5.74) is 1.51. The zero-order valence-electron chi connectivity index (χ0n) is 21.6. The van der Waals surface area contributed by atoms with Gasteiger partial charge in [0.15, 0.2) is 0 Å². The number of aryl methyl sites for hydroxylation is 1. The van der Waals surface area contributed by atoms with Crippen molar-refractivity contribution < 1.29 is 9.84 Å². The van der Waals surface area contributed by atoms with E-state index in [1.807, 2.05) is 39.1 Å². The first-order chi connectivity index (χ1) is 17.6. The molecule has 9 heteroatoms. The molecule has 194 valence electrons. The van der Waals surface area contributed by atoms with E-state index in [-0.39, 0.29) is 17.7 Å². The lowest BCUT2D eigenvalue weighted by atomic mass is 9.93. The summed E-state index contributed by atoms with van der Waals surface area (Å²) in [7, 11) is 0.